The fourth-order valence-corrected chi connectivity index (χ4v) is 2.69. The quantitative estimate of drug-likeness (QED) is 0.674. The first kappa shape index (κ1) is 17.5. The number of methoxy groups -OCH3 is 1. The zero-order valence-corrected chi connectivity index (χ0v) is 14.9. The lowest BCUT2D eigenvalue weighted by molar-refractivity contribution is -0.116. The van der Waals surface area contributed by atoms with E-state index < -0.39 is 0 Å². The standard InChI is InChI=1S/C22H22N2O2/c1-16(22(25)24-20-10-6-7-11-21(20)26-2)23-19-14-12-18(13-15-19)17-8-4-3-5-9-17/h3-16,23H,1-2H3,(H,24,25)/t16-/m0/s1. The molecule has 0 bridgehead atoms. The van der Waals surface area contributed by atoms with Crippen LogP contribution in [0.5, 0.6) is 5.75 Å². The number of ether oxygens (including phenoxy) is 1. The summed E-state index contributed by atoms with van der Waals surface area (Å²) in [6, 6.07) is 25.2. The number of amides is 1. The first-order chi connectivity index (χ1) is 12.7. The monoisotopic (exact) mass is 346 g/mol. The van der Waals surface area contributed by atoms with Crippen molar-refractivity contribution >= 4 is 17.3 Å². The van der Waals surface area contributed by atoms with E-state index in [1.807, 2.05) is 73.7 Å². The van der Waals surface area contributed by atoms with Gasteiger partial charge in [-0.2, -0.15) is 0 Å². The minimum Gasteiger partial charge on any atom is -0.495 e. The summed E-state index contributed by atoms with van der Waals surface area (Å²) in [5, 5.41) is 6.12. The van der Waals surface area contributed by atoms with Crippen molar-refractivity contribution < 1.29 is 9.53 Å². The molecular formula is C22H22N2O2. The summed E-state index contributed by atoms with van der Waals surface area (Å²) < 4.78 is 5.26. The Morgan fingerprint density at radius 1 is 0.846 bits per heavy atom. The number of benzene rings is 3. The molecule has 1 atom stereocenters. The Labute approximate surface area is 153 Å². The molecule has 132 valence electrons. The average molecular weight is 346 g/mol. The average Bonchev–Trinajstić information content (AvgIpc) is 2.69. The third kappa shape index (κ3) is 4.22. The van der Waals surface area contributed by atoms with Crippen molar-refractivity contribution in [2.24, 2.45) is 0 Å². The molecule has 3 rings (SSSR count). The molecule has 0 heterocycles. The molecule has 4 nitrogen and oxygen atoms in total. The molecule has 26 heavy (non-hydrogen) atoms. The molecular weight excluding hydrogens is 324 g/mol. The molecule has 0 saturated carbocycles. The van der Waals surface area contributed by atoms with Crippen LogP contribution < -0.4 is 15.4 Å². The fourth-order valence-electron chi connectivity index (χ4n) is 2.69. The summed E-state index contributed by atoms with van der Waals surface area (Å²) >= 11 is 0. The van der Waals surface area contributed by atoms with Gasteiger partial charge in [0.1, 0.15) is 11.8 Å². The van der Waals surface area contributed by atoms with Crippen molar-refractivity contribution in [2.75, 3.05) is 17.7 Å². The smallest absolute Gasteiger partial charge is 0.246 e. The first-order valence-corrected chi connectivity index (χ1v) is 8.53. The van der Waals surface area contributed by atoms with Crippen molar-refractivity contribution in [3.63, 3.8) is 0 Å². The van der Waals surface area contributed by atoms with Crippen LogP contribution in [0.2, 0.25) is 0 Å². The molecule has 0 aliphatic heterocycles. The number of rotatable bonds is 6. The number of nitrogens with one attached hydrogen (secondary N) is 2. The van der Waals surface area contributed by atoms with Gasteiger partial charge in [0.15, 0.2) is 0 Å². The van der Waals surface area contributed by atoms with Gasteiger partial charge in [-0.05, 0) is 42.3 Å². The molecule has 0 aliphatic carbocycles. The van der Waals surface area contributed by atoms with Crippen LogP contribution >= 0.6 is 0 Å². The molecule has 4 heteroatoms. The summed E-state index contributed by atoms with van der Waals surface area (Å²) in [6.07, 6.45) is 0. The van der Waals surface area contributed by atoms with E-state index in [0.717, 1.165) is 11.3 Å². The van der Waals surface area contributed by atoms with Crippen LogP contribution in [-0.2, 0) is 4.79 Å². The molecule has 0 spiro atoms. The van der Waals surface area contributed by atoms with Crippen molar-refractivity contribution in [3.05, 3.63) is 78.9 Å². The number of hydrogen-bond acceptors (Lipinski definition) is 3. The Kier molecular flexibility index (Phi) is 5.54. The molecule has 3 aromatic carbocycles. The maximum absolute atomic E-state index is 12.4. The predicted octanol–water partition coefficient (Wildman–Crippen LogP) is 4.80. The Bertz CT molecular complexity index is 861. The predicted molar refractivity (Wildman–Crippen MR) is 107 cm³/mol. The number of para-hydroxylation sites is 2. The largest absolute Gasteiger partial charge is 0.495 e. The van der Waals surface area contributed by atoms with Crippen molar-refractivity contribution in [3.8, 4) is 16.9 Å². The molecule has 0 radical (unpaired) electrons. The van der Waals surface area contributed by atoms with Gasteiger partial charge in [-0.15, -0.1) is 0 Å². The van der Waals surface area contributed by atoms with E-state index in [9.17, 15) is 4.79 Å². The molecule has 2 N–H and O–H groups in total. The zero-order chi connectivity index (χ0) is 18.4. The summed E-state index contributed by atoms with van der Waals surface area (Å²) in [7, 11) is 1.58. The van der Waals surface area contributed by atoms with Crippen LogP contribution in [0.1, 0.15) is 6.92 Å². The van der Waals surface area contributed by atoms with Crippen LogP contribution in [0.15, 0.2) is 78.9 Å². The molecule has 0 aromatic heterocycles. The third-order valence-electron chi connectivity index (χ3n) is 4.13. The number of carbonyl (C=O) groups is 1. The molecule has 0 unspecified atom stereocenters. The number of hydrogen-bond donors (Lipinski definition) is 2. The van der Waals surface area contributed by atoms with Crippen molar-refractivity contribution in [2.45, 2.75) is 13.0 Å². The van der Waals surface area contributed by atoms with Crippen LogP contribution in [0.25, 0.3) is 11.1 Å². The minimum absolute atomic E-state index is 0.123. The lowest BCUT2D eigenvalue weighted by Gasteiger charge is -2.17. The Hall–Kier alpha value is -3.27. The fraction of sp³-hybridized carbons (Fsp3) is 0.136. The third-order valence-corrected chi connectivity index (χ3v) is 4.13. The van der Waals surface area contributed by atoms with Gasteiger partial charge in [0.25, 0.3) is 0 Å². The lowest BCUT2D eigenvalue weighted by atomic mass is 10.1. The van der Waals surface area contributed by atoms with Gasteiger partial charge in [0.05, 0.1) is 12.8 Å². The van der Waals surface area contributed by atoms with Crippen molar-refractivity contribution in [1.82, 2.24) is 0 Å². The highest BCUT2D eigenvalue weighted by Gasteiger charge is 2.14. The summed E-state index contributed by atoms with van der Waals surface area (Å²) in [6.45, 7) is 1.83. The van der Waals surface area contributed by atoms with E-state index in [1.165, 1.54) is 5.56 Å². The van der Waals surface area contributed by atoms with E-state index in [0.29, 0.717) is 11.4 Å². The van der Waals surface area contributed by atoms with Crippen molar-refractivity contribution in [1.29, 1.82) is 0 Å². The van der Waals surface area contributed by atoms with Gasteiger partial charge in [0, 0.05) is 5.69 Å². The lowest BCUT2D eigenvalue weighted by Crippen LogP contribution is -2.31. The van der Waals surface area contributed by atoms with Crippen LogP contribution in [-0.4, -0.2) is 19.1 Å². The maximum Gasteiger partial charge on any atom is 0.246 e. The van der Waals surface area contributed by atoms with Crippen LogP contribution in [0, 0.1) is 0 Å². The van der Waals surface area contributed by atoms with E-state index >= 15 is 0 Å². The second kappa shape index (κ2) is 8.21. The van der Waals surface area contributed by atoms with Gasteiger partial charge in [-0.1, -0.05) is 54.6 Å². The highest BCUT2D eigenvalue weighted by molar-refractivity contribution is 5.97. The molecule has 0 saturated heterocycles. The maximum atomic E-state index is 12.4. The number of carbonyl (C=O) groups excluding carboxylic acids is 1. The SMILES string of the molecule is COc1ccccc1NC(=O)[C@H](C)Nc1ccc(-c2ccccc2)cc1. The van der Waals surface area contributed by atoms with E-state index in [4.69, 9.17) is 4.74 Å². The Morgan fingerprint density at radius 2 is 1.46 bits per heavy atom. The molecule has 0 fully saturated rings. The van der Waals surface area contributed by atoms with Gasteiger partial charge in [0.2, 0.25) is 5.91 Å². The normalized spacial score (nSPS) is 11.5. The van der Waals surface area contributed by atoms with E-state index in [-0.39, 0.29) is 11.9 Å². The van der Waals surface area contributed by atoms with E-state index in [2.05, 4.69) is 22.8 Å². The topological polar surface area (TPSA) is 50.4 Å². The summed E-state index contributed by atoms with van der Waals surface area (Å²) in [5.41, 5.74) is 3.86. The first-order valence-electron chi connectivity index (χ1n) is 8.53. The van der Waals surface area contributed by atoms with E-state index in [1.54, 1.807) is 7.11 Å². The molecule has 3 aromatic rings. The summed E-state index contributed by atoms with van der Waals surface area (Å²) in [4.78, 5) is 12.4. The summed E-state index contributed by atoms with van der Waals surface area (Å²) in [5.74, 6) is 0.516. The molecule has 1 amide bonds. The number of anilines is 2. The van der Waals surface area contributed by atoms with Crippen LogP contribution in [0.3, 0.4) is 0 Å². The van der Waals surface area contributed by atoms with Gasteiger partial charge in [-0.3, -0.25) is 4.79 Å². The highest BCUT2D eigenvalue weighted by atomic mass is 16.5. The second-order valence-corrected chi connectivity index (χ2v) is 6.00. The van der Waals surface area contributed by atoms with Gasteiger partial charge >= 0.3 is 0 Å². The van der Waals surface area contributed by atoms with Gasteiger partial charge < -0.3 is 15.4 Å². The highest BCUT2D eigenvalue weighted by Crippen LogP contribution is 2.24. The zero-order valence-electron chi connectivity index (χ0n) is 14.9. The Balaban J connectivity index is 1.64. The minimum atomic E-state index is -0.387. The second-order valence-electron chi connectivity index (χ2n) is 6.00. The van der Waals surface area contributed by atoms with Gasteiger partial charge in [-0.25, -0.2) is 0 Å². The molecule has 0 aliphatic rings. The Morgan fingerprint density at radius 3 is 2.15 bits per heavy atom. The van der Waals surface area contributed by atoms with Crippen LogP contribution in [0.4, 0.5) is 11.4 Å².